The number of ether oxygens (including phenoxy) is 3. The van der Waals surface area contributed by atoms with Gasteiger partial charge in [-0.2, -0.15) is 4.39 Å². The Hall–Kier alpha value is -5.39. The number of amides is 1. The van der Waals surface area contributed by atoms with Crippen molar-refractivity contribution in [1.82, 2.24) is 19.6 Å². The van der Waals surface area contributed by atoms with Gasteiger partial charge in [0.1, 0.15) is 22.0 Å². The lowest BCUT2D eigenvalue weighted by atomic mass is 9.59. The molecule has 3 aromatic carbocycles. The number of pyridine rings is 1. The number of hydrogen-bond acceptors (Lipinski definition) is 11. The summed E-state index contributed by atoms with van der Waals surface area (Å²) in [6.07, 6.45) is 10.5. The molecule has 3 fully saturated rings. The van der Waals surface area contributed by atoms with Crippen LogP contribution >= 0.6 is 11.6 Å². The highest BCUT2D eigenvalue weighted by Crippen LogP contribution is 2.55. The summed E-state index contributed by atoms with van der Waals surface area (Å²) in [5.41, 5.74) is 4.87. The molecule has 2 aromatic heterocycles. The van der Waals surface area contributed by atoms with E-state index in [1.807, 2.05) is 22.9 Å². The Morgan fingerprint density at radius 2 is 1.86 bits per heavy atom. The molecule has 2 saturated heterocycles. The van der Waals surface area contributed by atoms with Gasteiger partial charge in [0.2, 0.25) is 5.82 Å². The standard InChI is InChI=1S/C46H48ClFN6O8S/c47-34-6-2-30(3-7-34)39-26-46(14-1-15-46)16-12-33(39)28-52-18-20-53(21-19-52)35-8-10-38(40(25-35)62-37-24-32-13-17-49-44(32)50-27-37)45(55)51-63(58,59)41-11-5-31(43(42(41)48)54(56)57)4-9-36-29-60-22-23-61-36/h2-3,5-8,10-11,13,17,24-25,27,36H,1,4,9,12,14-16,18-23,26,28-29H2,(H,49,50)(H,51,55)/t36-/m0/s1. The lowest BCUT2D eigenvalue weighted by molar-refractivity contribution is -0.388. The summed E-state index contributed by atoms with van der Waals surface area (Å²) in [7, 11) is -4.96. The van der Waals surface area contributed by atoms with Crippen LogP contribution in [0.3, 0.4) is 0 Å². The predicted octanol–water partition coefficient (Wildman–Crippen LogP) is 8.45. The van der Waals surface area contributed by atoms with Gasteiger partial charge >= 0.3 is 5.69 Å². The van der Waals surface area contributed by atoms with Crippen molar-refractivity contribution < 1.29 is 36.7 Å². The van der Waals surface area contributed by atoms with Crippen molar-refractivity contribution in [3.63, 3.8) is 0 Å². The quantitative estimate of drug-likeness (QED) is 0.0859. The number of piperazine rings is 1. The van der Waals surface area contributed by atoms with Gasteiger partial charge in [0.05, 0.1) is 42.6 Å². The highest BCUT2D eigenvalue weighted by atomic mass is 35.5. The van der Waals surface area contributed by atoms with E-state index in [0.29, 0.717) is 56.1 Å². The van der Waals surface area contributed by atoms with E-state index in [9.17, 15) is 23.3 Å². The molecule has 1 atom stereocenters. The molecule has 1 spiro atoms. The van der Waals surface area contributed by atoms with Crippen LogP contribution in [0.4, 0.5) is 15.8 Å². The number of hydrogen-bond donors (Lipinski definition) is 2. The molecule has 4 aliphatic rings. The summed E-state index contributed by atoms with van der Waals surface area (Å²) in [5.74, 6) is -2.35. The van der Waals surface area contributed by atoms with Crippen LogP contribution < -0.4 is 14.4 Å². The summed E-state index contributed by atoms with van der Waals surface area (Å²) in [4.78, 5) is 36.1. The zero-order valence-electron chi connectivity index (χ0n) is 34.6. The van der Waals surface area contributed by atoms with Crippen LogP contribution in [-0.4, -0.2) is 92.8 Å². The fourth-order valence-electron chi connectivity index (χ4n) is 9.35. The number of aromatic nitrogens is 2. The number of halogens is 2. The van der Waals surface area contributed by atoms with Crippen LogP contribution in [0.25, 0.3) is 16.6 Å². The third kappa shape index (κ3) is 9.32. The average Bonchev–Trinajstić information content (AvgIpc) is 3.74. The second-order valence-corrected chi connectivity index (χ2v) is 19.0. The topological polar surface area (TPSA) is 169 Å². The molecule has 2 aliphatic heterocycles. The normalized spacial score (nSPS) is 19.3. The second kappa shape index (κ2) is 18.0. The van der Waals surface area contributed by atoms with Crippen molar-refractivity contribution in [2.45, 2.75) is 62.4 Å². The van der Waals surface area contributed by atoms with Gasteiger partial charge < -0.3 is 24.1 Å². The second-order valence-electron chi connectivity index (χ2n) is 16.9. The van der Waals surface area contributed by atoms with Crippen molar-refractivity contribution in [3.05, 3.63) is 122 Å². The van der Waals surface area contributed by atoms with Crippen LogP contribution in [0, 0.1) is 21.3 Å². The Morgan fingerprint density at radius 1 is 1.05 bits per heavy atom. The number of fused-ring (bicyclic) bond motifs is 1. The molecule has 1 amide bonds. The van der Waals surface area contributed by atoms with Gasteiger partial charge in [-0.15, -0.1) is 0 Å². The van der Waals surface area contributed by atoms with Gasteiger partial charge in [-0.05, 0) is 104 Å². The smallest absolute Gasteiger partial charge is 0.309 e. The fraction of sp³-hybridized carbons (Fsp3) is 0.391. The first-order valence-corrected chi connectivity index (χ1v) is 23.2. The summed E-state index contributed by atoms with van der Waals surface area (Å²) in [6, 6.07) is 18.8. The highest BCUT2D eigenvalue weighted by Gasteiger charge is 2.41. The predicted molar refractivity (Wildman–Crippen MR) is 236 cm³/mol. The summed E-state index contributed by atoms with van der Waals surface area (Å²) in [5, 5.41) is 13.6. The number of benzene rings is 3. The van der Waals surface area contributed by atoms with Gasteiger partial charge in [-0.25, -0.2) is 18.1 Å². The third-order valence-corrected chi connectivity index (χ3v) is 14.6. The zero-order valence-corrected chi connectivity index (χ0v) is 36.2. The number of carbonyl (C=O) groups excluding carboxylic acids is 1. The maximum atomic E-state index is 15.9. The van der Waals surface area contributed by atoms with Gasteiger partial charge in [0.25, 0.3) is 15.9 Å². The van der Waals surface area contributed by atoms with E-state index in [4.69, 9.17) is 25.8 Å². The SMILES string of the molecule is O=C(NS(=O)(=O)c1ccc(CC[C@H]2COCCO2)c([N+](=O)[O-])c1F)c1ccc(N2CCN(CC3=C(c4ccc(Cl)cc4)CC4(CCC4)CC3)CC2)cc1Oc1cnc2[nH]ccc2c1. The maximum Gasteiger partial charge on any atom is 0.309 e. The van der Waals surface area contributed by atoms with E-state index < -0.39 is 37.3 Å². The Morgan fingerprint density at radius 3 is 2.59 bits per heavy atom. The Bertz CT molecular complexity index is 2670. The number of rotatable bonds is 13. The number of carbonyl (C=O) groups is 1. The average molecular weight is 899 g/mol. The number of nitrogens with one attached hydrogen (secondary N) is 2. The maximum absolute atomic E-state index is 15.9. The van der Waals surface area contributed by atoms with E-state index in [1.165, 1.54) is 60.7 Å². The first-order valence-electron chi connectivity index (χ1n) is 21.4. The minimum atomic E-state index is -4.96. The molecule has 14 nitrogen and oxygen atoms in total. The van der Waals surface area contributed by atoms with Crippen LogP contribution in [0.15, 0.2) is 89.6 Å². The third-order valence-electron chi connectivity index (χ3n) is 13.0. The monoisotopic (exact) mass is 898 g/mol. The lowest BCUT2D eigenvalue weighted by Gasteiger charge is -2.47. The van der Waals surface area contributed by atoms with Gasteiger partial charge in [-0.3, -0.25) is 19.8 Å². The summed E-state index contributed by atoms with van der Waals surface area (Å²) in [6.45, 7) is 4.97. The van der Waals surface area contributed by atoms with Gasteiger partial charge in [0, 0.05) is 66.6 Å². The van der Waals surface area contributed by atoms with Crippen LogP contribution in [0.1, 0.15) is 66.4 Å². The molecule has 63 heavy (non-hydrogen) atoms. The minimum absolute atomic E-state index is 0.00677. The molecule has 17 heteroatoms. The summed E-state index contributed by atoms with van der Waals surface area (Å²) >= 11 is 6.27. The van der Waals surface area contributed by atoms with Gasteiger partial charge in [0.15, 0.2) is 0 Å². The van der Waals surface area contributed by atoms with Crippen molar-refractivity contribution in [2.75, 3.05) is 57.4 Å². The van der Waals surface area contributed by atoms with E-state index >= 15 is 4.39 Å². The molecule has 1 saturated carbocycles. The lowest BCUT2D eigenvalue weighted by Crippen LogP contribution is -2.47. The van der Waals surface area contributed by atoms with E-state index in [0.717, 1.165) is 54.6 Å². The molecular weight excluding hydrogens is 851 g/mol. The molecule has 2 aliphatic carbocycles. The number of sulfonamides is 1. The van der Waals surface area contributed by atoms with Crippen molar-refractivity contribution >= 4 is 55.5 Å². The largest absolute Gasteiger partial charge is 0.455 e. The molecule has 330 valence electrons. The summed E-state index contributed by atoms with van der Waals surface area (Å²) < 4.78 is 62.4. The van der Waals surface area contributed by atoms with Crippen molar-refractivity contribution in [2.24, 2.45) is 5.41 Å². The number of H-pyrrole nitrogens is 1. The molecule has 0 radical (unpaired) electrons. The first-order chi connectivity index (χ1) is 30.4. The van der Waals surface area contributed by atoms with Gasteiger partial charge in [-0.1, -0.05) is 41.8 Å². The van der Waals surface area contributed by atoms with E-state index in [2.05, 4.69) is 31.9 Å². The Kier molecular flexibility index (Phi) is 12.3. The van der Waals surface area contributed by atoms with E-state index in [-0.39, 0.29) is 29.4 Å². The number of allylic oxidation sites excluding steroid dienone is 1. The zero-order chi connectivity index (χ0) is 43.7. The number of nitrogens with zero attached hydrogens (tertiary/aromatic N) is 4. The van der Waals surface area contributed by atoms with Crippen LogP contribution in [0.5, 0.6) is 11.5 Å². The molecule has 2 N–H and O–H groups in total. The van der Waals surface area contributed by atoms with Crippen molar-refractivity contribution in [1.29, 1.82) is 0 Å². The first kappa shape index (κ1) is 42.9. The number of aromatic amines is 1. The number of nitro groups is 1. The van der Waals surface area contributed by atoms with E-state index in [1.54, 1.807) is 24.4 Å². The van der Waals surface area contributed by atoms with Crippen LogP contribution in [0.2, 0.25) is 5.02 Å². The Labute approximate surface area is 369 Å². The van der Waals surface area contributed by atoms with Crippen LogP contribution in [-0.2, 0) is 25.9 Å². The fourth-order valence-corrected chi connectivity index (χ4v) is 10.5. The molecule has 0 unspecified atom stereocenters. The molecular formula is C46H48ClFN6O8S. The molecule has 4 heterocycles. The Balaban J connectivity index is 0.937. The number of aryl methyl sites for hydroxylation is 1. The minimum Gasteiger partial charge on any atom is -0.455 e. The van der Waals surface area contributed by atoms with Crippen molar-refractivity contribution in [3.8, 4) is 11.5 Å². The molecule has 9 rings (SSSR count). The number of nitro benzene ring substituents is 1. The number of anilines is 1. The molecule has 0 bridgehead atoms. The highest BCUT2D eigenvalue weighted by molar-refractivity contribution is 7.90. The molecule has 5 aromatic rings.